The van der Waals surface area contributed by atoms with Crippen molar-refractivity contribution in [2.75, 3.05) is 6.54 Å². The minimum Gasteiger partial charge on any atom is -0.511 e. The Hall–Kier alpha value is -0.300. The number of hydrogen-bond donors (Lipinski definition) is 4. The third kappa shape index (κ3) is 3.02. The maximum absolute atomic E-state index is 9.08. The molecule has 0 bridgehead atoms. The van der Waals surface area contributed by atoms with Crippen LogP contribution in [0.3, 0.4) is 0 Å². The van der Waals surface area contributed by atoms with Crippen LogP contribution in [0.1, 0.15) is 6.92 Å². The number of halogens is 1. The van der Waals surface area contributed by atoms with Crippen LogP contribution >= 0.6 is 22.9 Å². The quantitative estimate of drug-likeness (QED) is 0.197. The lowest BCUT2D eigenvalue weighted by Crippen LogP contribution is -2.16. The topological polar surface area (TPSA) is 82.1 Å². The first-order chi connectivity index (χ1) is 4.59. The van der Waals surface area contributed by atoms with Crippen molar-refractivity contribution < 1.29 is 5.11 Å². The Morgan fingerprint density at radius 2 is 2.30 bits per heavy atom. The molecule has 0 amide bonds. The molecule has 0 saturated heterocycles. The van der Waals surface area contributed by atoms with E-state index < -0.39 is 0 Å². The maximum atomic E-state index is 9.08. The van der Waals surface area contributed by atoms with Gasteiger partial charge in [-0.2, -0.15) is 0 Å². The van der Waals surface area contributed by atoms with E-state index in [2.05, 4.69) is 3.53 Å². The molecule has 0 unspecified atom stereocenters. The minimum atomic E-state index is -0.0934. The molecule has 0 rings (SSSR count). The van der Waals surface area contributed by atoms with Crippen LogP contribution in [-0.4, -0.2) is 17.5 Å². The fourth-order valence-corrected chi connectivity index (χ4v) is 0.713. The molecule has 0 aliphatic carbocycles. The van der Waals surface area contributed by atoms with Gasteiger partial charge in [0.2, 0.25) is 0 Å². The predicted octanol–water partition coefficient (Wildman–Crippen LogP) is 0.694. The summed E-state index contributed by atoms with van der Waals surface area (Å²) < 4.78 is 2.71. The van der Waals surface area contributed by atoms with E-state index in [0.29, 0.717) is 12.1 Å². The smallest absolute Gasteiger partial charge is 0.121 e. The van der Waals surface area contributed by atoms with E-state index in [1.165, 1.54) is 0 Å². The van der Waals surface area contributed by atoms with Crippen LogP contribution in [0.2, 0.25) is 0 Å². The van der Waals surface area contributed by atoms with Crippen LogP contribution < -0.4 is 9.26 Å². The molecule has 0 heterocycles. The Balaban J connectivity index is 4.19. The number of nitrogens with two attached hydrogens (primary N) is 1. The van der Waals surface area contributed by atoms with Gasteiger partial charge in [0.15, 0.2) is 0 Å². The van der Waals surface area contributed by atoms with Gasteiger partial charge >= 0.3 is 0 Å². The highest BCUT2D eigenvalue weighted by molar-refractivity contribution is 14.1. The molecule has 0 aromatic rings. The molecule has 5 heteroatoms. The lowest BCUT2D eigenvalue weighted by Gasteiger charge is -2.01. The van der Waals surface area contributed by atoms with Crippen molar-refractivity contribution in [1.29, 1.82) is 5.41 Å². The van der Waals surface area contributed by atoms with Crippen molar-refractivity contribution in [3.05, 3.63) is 11.3 Å². The Bertz CT molecular complexity index is 166. The molecule has 0 spiro atoms. The minimum absolute atomic E-state index is 0.0934. The summed E-state index contributed by atoms with van der Waals surface area (Å²) in [5, 5.41) is 16.0. The third-order valence-corrected chi connectivity index (χ3v) is 1.45. The number of aliphatic hydroxyl groups is 1. The van der Waals surface area contributed by atoms with Crippen molar-refractivity contribution in [2.45, 2.75) is 6.92 Å². The lowest BCUT2D eigenvalue weighted by atomic mass is 10.2. The van der Waals surface area contributed by atoms with Gasteiger partial charge in [-0.3, -0.25) is 8.94 Å². The molecule has 10 heavy (non-hydrogen) atoms. The van der Waals surface area contributed by atoms with E-state index in [9.17, 15) is 0 Å². The van der Waals surface area contributed by atoms with Gasteiger partial charge in [0, 0.05) is 28.4 Å². The number of aliphatic hydroxyl groups excluding tert-OH is 1. The van der Waals surface area contributed by atoms with Crippen molar-refractivity contribution >= 4 is 28.7 Å². The average molecular weight is 255 g/mol. The molecule has 58 valence electrons. The summed E-state index contributed by atoms with van der Waals surface area (Å²) in [4.78, 5) is 0. The summed E-state index contributed by atoms with van der Waals surface area (Å²) in [6.07, 6.45) is 0. The molecular weight excluding hydrogens is 245 g/mol. The molecular formula is C5H10IN3O. The fraction of sp³-hybridized carbons (Fsp3) is 0.400. The van der Waals surface area contributed by atoms with E-state index in [-0.39, 0.29) is 11.6 Å². The largest absolute Gasteiger partial charge is 0.511 e. The summed E-state index contributed by atoms with van der Waals surface area (Å²) >= 11 is 1.90. The SMILES string of the molecule is CC(C(=N)N)=C(O)CNI. The van der Waals surface area contributed by atoms with Gasteiger partial charge < -0.3 is 10.8 Å². The number of rotatable bonds is 3. The zero-order valence-corrected chi connectivity index (χ0v) is 7.77. The lowest BCUT2D eigenvalue weighted by molar-refractivity contribution is 0.397. The van der Waals surface area contributed by atoms with Gasteiger partial charge in [0.25, 0.3) is 0 Å². The third-order valence-electron chi connectivity index (χ3n) is 1.07. The molecule has 4 nitrogen and oxygen atoms in total. The Morgan fingerprint density at radius 1 is 1.80 bits per heavy atom. The van der Waals surface area contributed by atoms with Gasteiger partial charge in [-0.25, -0.2) is 0 Å². The number of nitrogens with one attached hydrogen (secondary N) is 2. The summed E-state index contributed by atoms with van der Waals surface area (Å²) in [5.74, 6) is 0.0195. The van der Waals surface area contributed by atoms with Crippen molar-refractivity contribution in [2.24, 2.45) is 5.73 Å². The van der Waals surface area contributed by atoms with Crippen molar-refractivity contribution in [3.8, 4) is 0 Å². The average Bonchev–Trinajstić information content (AvgIpc) is 1.87. The Morgan fingerprint density at radius 3 is 2.60 bits per heavy atom. The molecule has 0 aromatic carbocycles. The standard InChI is InChI=1S/C5H10IN3O/c1-3(5(7)8)4(10)2-9-6/h9-10H,2H2,1H3,(H3,7,8). The van der Waals surface area contributed by atoms with Crippen LogP contribution in [0.4, 0.5) is 0 Å². The van der Waals surface area contributed by atoms with E-state index in [1.807, 2.05) is 22.9 Å². The molecule has 0 aromatic heterocycles. The second-order valence-electron chi connectivity index (χ2n) is 1.80. The van der Waals surface area contributed by atoms with Crippen molar-refractivity contribution in [1.82, 2.24) is 3.53 Å². The molecule has 0 atom stereocenters. The van der Waals surface area contributed by atoms with Crippen LogP contribution in [0.25, 0.3) is 0 Å². The van der Waals surface area contributed by atoms with Gasteiger partial charge in [-0.15, -0.1) is 0 Å². The van der Waals surface area contributed by atoms with Crippen LogP contribution in [0.15, 0.2) is 11.3 Å². The van der Waals surface area contributed by atoms with E-state index in [1.54, 1.807) is 6.92 Å². The normalized spacial score (nSPS) is 12.6. The molecule has 0 saturated carbocycles. The van der Waals surface area contributed by atoms with Gasteiger partial charge in [-0.1, -0.05) is 0 Å². The van der Waals surface area contributed by atoms with Crippen LogP contribution in [-0.2, 0) is 0 Å². The second kappa shape index (κ2) is 4.51. The summed E-state index contributed by atoms with van der Waals surface area (Å²) in [7, 11) is 0. The van der Waals surface area contributed by atoms with Crippen LogP contribution in [0, 0.1) is 5.41 Å². The maximum Gasteiger partial charge on any atom is 0.121 e. The Kier molecular flexibility index (Phi) is 4.37. The van der Waals surface area contributed by atoms with E-state index in [0.717, 1.165) is 0 Å². The van der Waals surface area contributed by atoms with Crippen molar-refractivity contribution in [3.63, 3.8) is 0 Å². The van der Waals surface area contributed by atoms with Gasteiger partial charge in [-0.05, 0) is 6.92 Å². The van der Waals surface area contributed by atoms with E-state index in [4.69, 9.17) is 16.2 Å². The molecule has 0 aliphatic rings. The highest BCUT2D eigenvalue weighted by atomic mass is 127. The highest BCUT2D eigenvalue weighted by Gasteiger charge is 2.00. The summed E-state index contributed by atoms with van der Waals surface area (Å²) in [5.41, 5.74) is 5.52. The first kappa shape index (κ1) is 9.70. The second-order valence-corrected chi connectivity index (χ2v) is 2.56. The summed E-state index contributed by atoms with van der Waals surface area (Å²) in [6.45, 7) is 1.94. The van der Waals surface area contributed by atoms with Crippen LogP contribution in [0.5, 0.6) is 0 Å². The molecule has 0 radical (unpaired) electrons. The zero-order chi connectivity index (χ0) is 8.15. The number of hydrogen-bond acceptors (Lipinski definition) is 3. The monoisotopic (exact) mass is 255 g/mol. The first-order valence-electron chi connectivity index (χ1n) is 2.66. The highest BCUT2D eigenvalue weighted by Crippen LogP contribution is 1.98. The molecule has 0 aliphatic heterocycles. The fourth-order valence-electron chi connectivity index (χ4n) is 0.351. The molecule has 0 fully saturated rings. The molecule has 5 N–H and O–H groups in total. The van der Waals surface area contributed by atoms with Gasteiger partial charge in [0.05, 0.1) is 6.54 Å². The van der Waals surface area contributed by atoms with E-state index >= 15 is 0 Å². The first-order valence-corrected chi connectivity index (χ1v) is 3.74. The Labute approximate surface area is 73.5 Å². The van der Waals surface area contributed by atoms with Gasteiger partial charge in [0.1, 0.15) is 11.6 Å². The predicted molar refractivity (Wildman–Crippen MR) is 49.3 cm³/mol. The zero-order valence-electron chi connectivity index (χ0n) is 5.61. The summed E-state index contributed by atoms with van der Waals surface area (Å²) in [6, 6.07) is 0. The number of amidine groups is 1.